The van der Waals surface area contributed by atoms with Crippen molar-refractivity contribution in [2.45, 2.75) is 5.03 Å². The molecule has 0 aliphatic carbocycles. The summed E-state index contributed by atoms with van der Waals surface area (Å²) < 4.78 is 1.80. The smallest absolute Gasteiger partial charge is 0.175 e. The van der Waals surface area contributed by atoms with Gasteiger partial charge in [-0.1, -0.05) is 11.8 Å². The number of thiophene rings is 1. The van der Waals surface area contributed by atoms with Gasteiger partial charge in [-0.3, -0.25) is 9.78 Å². The predicted molar refractivity (Wildman–Crippen MR) is 76.8 cm³/mol. The van der Waals surface area contributed by atoms with Crippen LogP contribution in [0.2, 0.25) is 0 Å². The predicted octanol–water partition coefficient (Wildman–Crippen LogP) is 4.04. The van der Waals surface area contributed by atoms with E-state index in [0.717, 1.165) is 12.6 Å². The maximum Gasteiger partial charge on any atom is 0.175 e. The van der Waals surface area contributed by atoms with Gasteiger partial charge in [0.1, 0.15) is 5.03 Å². The molecule has 2 aromatic heterocycles. The van der Waals surface area contributed by atoms with E-state index in [-0.39, 0.29) is 5.78 Å². The van der Waals surface area contributed by atoms with E-state index in [1.165, 1.54) is 23.1 Å². The first-order valence-electron chi connectivity index (χ1n) is 4.53. The highest BCUT2D eigenvalue weighted by Crippen LogP contribution is 2.32. The molecule has 0 saturated carbocycles. The molecule has 3 nitrogen and oxygen atoms in total. The topological polar surface area (TPSA) is 42.9 Å². The molecule has 2 rings (SSSR count). The van der Waals surface area contributed by atoms with Gasteiger partial charge in [0, 0.05) is 18.0 Å². The number of halogens is 2. The van der Waals surface area contributed by atoms with E-state index in [1.54, 1.807) is 18.6 Å². The van der Waals surface area contributed by atoms with Crippen LogP contribution in [-0.2, 0) is 0 Å². The summed E-state index contributed by atoms with van der Waals surface area (Å²) in [7, 11) is 0. The van der Waals surface area contributed by atoms with Crippen LogP contribution in [0.4, 0.5) is 0 Å². The fourth-order valence-corrected chi connectivity index (χ4v) is 4.67. The minimum absolute atomic E-state index is 0.0782. The molecule has 0 aliphatic rings. The van der Waals surface area contributed by atoms with Crippen molar-refractivity contribution in [1.82, 2.24) is 9.97 Å². The Bertz CT molecular complexity index is 530. The molecule has 0 unspecified atom stereocenters. The van der Waals surface area contributed by atoms with Crippen molar-refractivity contribution in [2.75, 3.05) is 5.75 Å². The lowest BCUT2D eigenvalue weighted by Gasteiger charge is -1.98. The number of Topliss-reactive ketones (excluding diaryl/α,β-unsaturated/α-hetero) is 1. The van der Waals surface area contributed by atoms with Crippen LogP contribution in [0.15, 0.2) is 37.3 Å². The Balaban J connectivity index is 2.01. The quantitative estimate of drug-likeness (QED) is 0.580. The summed E-state index contributed by atoms with van der Waals surface area (Å²) >= 11 is 9.61. The molecule has 0 fully saturated rings. The molecule has 0 amide bonds. The summed E-state index contributed by atoms with van der Waals surface area (Å²) in [6, 6.07) is 1.83. The molecule has 0 spiro atoms. The second-order valence-electron chi connectivity index (χ2n) is 2.99. The number of hydrogen-bond donors (Lipinski definition) is 0. The third-order valence-electron chi connectivity index (χ3n) is 1.85. The Labute approximate surface area is 123 Å². The number of ketones is 1. The fraction of sp³-hybridized carbons (Fsp3) is 0.100. The Kier molecular flexibility index (Phi) is 4.72. The number of carbonyl (C=O) groups excluding carboxylic acids is 1. The van der Waals surface area contributed by atoms with Crippen LogP contribution in [-0.4, -0.2) is 21.5 Å². The van der Waals surface area contributed by atoms with E-state index in [1.807, 2.05) is 6.07 Å². The highest BCUT2D eigenvalue weighted by atomic mass is 79.9. The first-order chi connectivity index (χ1) is 8.16. The first kappa shape index (κ1) is 13.2. The zero-order chi connectivity index (χ0) is 12.3. The van der Waals surface area contributed by atoms with Crippen molar-refractivity contribution in [3.63, 3.8) is 0 Å². The molecule has 0 saturated heterocycles. The first-order valence-corrected chi connectivity index (χ1v) is 7.92. The second-order valence-corrected chi connectivity index (χ2v) is 7.74. The molecule has 7 heteroatoms. The van der Waals surface area contributed by atoms with Crippen LogP contribution >= 0.6 is 55.0 Å². The Morgan fingerprint density at radius 2 is 2.24 bits per heavy atom. The number of thioether (sulfide) groups is 1. The van der Waals surface area contributed by atoms with Gasteiger partial charge in [-0.15, -0.1) is 11.3 Å². The van der Waals surface area contributed by atoms with E-state index < -0.39 is 0 Å². The van der Waals surface area contributed by atoms with Gasteiger partial charge in [0.15, 0.2) is 5.78 Å². The van der Waals surface area contributed by atoms with Gasteiger partial charge in [0.2, 0.25) is 0 Å². The van der Waals surface area contributed by atoms with E-state index >= 15 is 0 Å². The van der Waals surface area contributed by atoms with Crippen LogP contribution < -0.4 is 0 Å². The molecule has 2 aromatic rings. The molecule has 2 heterocycles. The van der Waals surface area contributed by atoms with Crippen molar-refractivity contribution in [2.24, 2.45) is 0 Å². The molecule has 17 heavy (non-hydrogen) atoms. The van der Waals surface area contributed by atoms with Gasteiger partial charge >= 0.3 is 0 Å². The summed E-state index contributed by atoms with van der Waals surface area (Å²) in [4.78, 5) is 20.0. The monoisotopic (exact) mass is 392 g/mol. The van der Waals surface area contributed by atoms with Crippen LogP contribution in [0, 0.1) is 0 Å². The van der Waals surface area contributed by atoms with Crippen molar-refractivity contribution in [3.8, 4) is 0 Å². The van der Waals surface area contributed by atoms with Crippen molar-refractivity contribution < 1.29 is 4.79 Å². The summed E-state index contributed by atoms with van der Waals surface area (Å²) in [6.45, 7) is 0. The average Bonchev–Trinajstić information content (AvgIpc) is 2.67. The Morgan fingerprint density at radius 1 is 1.41 bits per heavy atom. The molecule has 0 atom stereocenters. The van der Waals surface area contributed by atoms with Crippen molar-refractivity contribution in [3.05, 3.63) is 37.8 Å². The maximum atomic E-state index is 11.9. The summed E-state index contributed by atoms with van der Waals surface area (Å²) in [5.74, 6) is 0.440. The maximum absolute atomic E-state index is 11.9. The van der Waals surface area contributed by atoms with E-state index in [9.17, 15) is 4.79 Å². The SMILES string of the molecule is O=C(CSc1cnccn1)c1cc(Br)sc1Br. The third-order valence-corrected chi connectivity index (χ3v) is 5.10. The summed E-state index contributed by atoms with van der Waals surface area (Å²) in [6.07, 6.45) is 4.87. The third kappa shape index (κ3) is 3.61. The van der Waals surface area contributed by atoms with Crippen LogP contribution in [0.1, 0.15) is 10.4 Å². The lowest BCUT2D eigenvalue weighted by molar-refractivity contribution is 0.102. The van der Waals surface area contributed by atoms with Crippen LogP contribution in [0.5, 0.6) is 0 Å². The lowest BCUT2D eigenvalue weighted by atomic mass is 10.2. The molecule has 88 valence electrons. The van der Waals surface area contributed by atoms with Gasteiger partial charge < -0.3 is 0 Å². The zero-order valence-corrected chi connectivity index (χ0v) is 13.2. The number of hydrogen-bond acceptors (Lipinski definition) is 5. The van der Waals surface area contributed by atoms with E-state index in [4.69, 9.17) is 0 Å². The van der Waals surface area contributed by atoms with E-state index in [2.05, 4.69) is 41.8 Å². The number of aromatic nitrogens is 2. The van der Waals surface area contributed by atoms with E-state index in [0.29, 0.717) is 11.3 Å². The number of carbonyl (C=O) groups is 1. The van der Waals surface area contributed by atoms with Crippen LogP contribution in [0.25, 0.3) is 0 Å². The fourth-order valence-electron chi connectivity index (χ4n) is 1.11. The number of rotatable bonds is 4. The minimum Gasteiger partial charge on any atom is -0.293 e. The molecule has 0 radical (unpaired) electrons. The van der Waals surface area contributed by atoms with Crippen molar-refractivity contribution in [1.29, 1.82) is 0 Å². The van der Waals surface area contributed by atoms with Crippen LogP contribution in [0.3, 0.4) is 0 Å². The summed E-state index contributed by atoms with van der Waals surface area (Å²) in [5, 5.41) is 0.756. The zero-order valence-electron chi connectivity index (χ0n) is 8.39. The Morgan fingerprint density at radius 3 is 2.82 bits per heavy atom. The molecule has 0 bridgehead atoms. The average molecular weight is 394 g/mol. The highest BCUT2D eigenvalue weighted by molar-refractivity contribution is 9.12. The largest absolute Gasteiger partial charge is 0.293 e. The Hall–Kier alpha value is -0.240. The minimum atomic E-state index is 0.0782. The normalized spacial score (nSPS) is 10.5. The standard InChI is InChI=1S/C10H6Br2N2OS2/c11-8-3-6(10(12)17-8)7(15)5-16-9-4-13-1-2-14-9/h1-4H,5H2. The van der Waals surface area contributed by atoms with Gasteiger partial charge in [-0.05, 0) is 37.9 Å². The second kappa shape index (κ2) is 6.08. The van der Waals surface area contributed by atoms with Gasteiger partial charge in [0.05, 0.1) is 19.5 Å². The highest BCUT2D eigenvalue weighted by Gasteiger charge is 2.14. The molecular weight excluding hydrogens is 388 g/mol. The molecular formula is C10H6Br2N2OS2. The summed E-state index contributed by atoms with van der Waals surface area (Å²) in [5.41, 5.74) is 0.707. The molecule has 0 aromatic carbocycles. The lowest BCUT2D eigenvalue weighted by Crippen LogP contribution is -2.01. The van der Waals surface area contributed by atoms with Gasteiger partial charge in [-0.25, -0.2) is 4.98 Å². The van der Waals surface area contributed by atoms with Crippen molar-refractivity contribution >= 4 is 60.7 Å². The van der Waals surface area contributed by atoms with Gasteiger partial charge in [-0.2, -0.15) is 0 Å². The number of nitrogens with zero attached hydrogens (tertiary/aromatic N) is 2. The molecule has 0 aliphatic heterocycles. The van der Waals surface area contributed by atoms with Gasteiger partial charge in [0.25, 0.3) is 0 Å². The molecule has 0 N–H and O–H groups in total.